The molecule has 0 radical (unpaired) electrons. The van der Waals surface area contributed by atoms with Crippen LogP contribution in [0.15, 0.2) is 24.3 Å². The van der Waals surface area contributed by atoms with E-state index in [0.29, 0.717) is 11.5 Å². The van der Waals surface area contributed by atoms with Crippen molar-refractivity contribution >= 4 is 15.7 Å². The Labute approximate surface area is 156 Å². The number of rotatable bonds is 3. The maximum atomic E-state index is 13.1. The number of hydrogen-bond acceptors (Lipinski definition) is 4. The fourth-order valence-electron chi connectivity index (χ4n) is 4.75. The van der Waals surface area contributed by atoms with Gasteiger partial charge in [-0.15, -0.1) is 0 Å². The van der Waals surface area contributed by atoms with Gasteiger partial charge in [0.15, 0.2) is 9.84 Å². The Morgan fingerprint density at radius 2 is 1.92 bits per heavy atom. The number of carbonyl (C=O) groups excluding carboxylic acids is 1. The predicted octanol–water partition coefficient (Wildman–Crippen LogP) is 1.72. The SMILES string of the molecule is O=C(C1CCCN(CC2CCS(=O)(=O)C2)C1)N1CCc2ccccc2C1. The maximum Gasteiger partial charge on any atom is 0.227 e. The lowest BCUT2D eigenvalue weighted by atomic mass is 9.93. The van der Waals surface area contributed by atoms with Crippen molar-refractivity contribution in [1.82, 2.24) is 9.80 Å². The number of piperidine rings is 1. The van der Waals surface area contributed by atoms with Gasteiger partial charge in [0, 0.05) is 26.2 Å². The Morgan fingerprint density at radius 1 is 1.12 bits per heavy atom. The molecule has 1 amide bonds. The highest BCUT2D eigenvalue weighted by Crippen LogP contribution is 2.26. The molecule has 3 aliphatic rings. The van der Waals surface area contributed by atoms with Crippen LogP contribution in [-0.4, -0.2) is 61.8 Å². The Hall–Kier alpha value is -1.40. The number of likely N-dealkylation sites (tertiary alicyclic amines) is 1. The quantitative estimate of drug-likeness (QED) is 0.806. The van der Waals surface area contributed by atoms with E-state index in [-0.39, 0.29) is 17.7 Å². The van der Waals surface area contributed by atoms with Crippen molar-refractivity contribution in [2.45, 2.75) is 32.2 Å². The summed E-state index contributed by atoms with van der Waals surface area (Å²) in [5, 5.41) is 0. The van der Waals surface area contributed by atoms with Gasteiger partial charge in [-0.05, 0) is 49.3 Å². The molecule has 3 heterocycles. The normalized spacial score (nSPS) is 28.7. The highest BCUT2D eigenvalue weighted by atomic mass is 32.2. The molecule has 2 saturated heterocycles. The van der Waals surface area contributed by atoms with Crippen molar-refractivity contribution in [3.05, 3.63) is 35.4 Å². The number of benzene rings is 1. The van der Waals surface area contributed by atoms with Gasteiger partial charge in [0.05, 0.1) is 17.4 Å². The molecule has 5 nitrogen and oxygen atoms in total. The molecule has 0 N–H and O–H groups in total. The number of amides is 1. The summed E-state index contributed by atoms with van der Waals surface area (Å²) in [6.45, 7) is 4.14. The highest BCUT2D eigenvalue weighted by molar-refractivity contribution is 7.91. The molecule has 0 aliphatic carbocycles. The smallest absolute Gasteiger partial charge is 0.227 e. The zero-order valence-corrected chi connectivity index (χ0v) is 16.1. The van der Waals surface area contributed by atoms with E-state index in [4.69, 9.17) is 0 Å². The topological polar surface area (TPSA) is 57.7 Å². The lowest BCUT2D eigenvalue weighted by Crippen LogP contribution is -2.47. The molecule has 1 aromatic carbocycles. The van der Waals surface area contributed by atoms with Crippen molar-refractivity contribution in [2.24, 2.45) is 11.8 Å². The summed E-state index contributed by atoms with van der Waals surface area (Å²) in [6, 6.07) is 8.40. The van der Waals surface area contributed by atoms with E-state index in [1.165, 1.54) is 11.1 Å². The first kappa shape index (κ1) is 18.0. The van der Waals surface area contributed by atoms with E-state index in [9.17, 15) is 13.2 Å². The average Bonchev–Trinajstić information content (AvgIpc) is 2.99. The first-order valence-electron chi connectivity index (χ1n) is 9.78. The number of nitrogens with zero attached hydrogens (tertiary/aromatic N) is 2. The molecule has 2 unspecified atom stereocenters. The molecule has 142 valence electrons. The van der Waals surface area contributed by atoms with Crippen LogP contribution in [0.2, 0.25) is 0 Å². The fraction of sp³-hybridized carbons (Fsp3) is 0.650. The molecule has 0 aromatic heterocycles. The van der Waals surface area contributed by atoms with Crippen LogP contribution in [0.1, 0.15) is 30.4 Å². The molecule has 2 atom stereocenters. The molecule has 6 heteroatoms. The minimum Gasteiger partial charge on any atom is -0.338 e. The monoisotopic (exact) mass is 376 g/mol. The van der Waals surface area contributed by atoms with Gasteiger partial charge in [-0.2, -0.15) is 0 Å². The molecule has 4 rings (SSSR count). The summed E-state index contributed by atoms with van der Waals surface area (Å²) in [6.07, 6.45) is 3.70. The van der Waals surface area contributed by atoms with Gasteiger partial charge >= 0.3 is 0 Å². The molecule has 0 bridgehead atoms. The van der Waals surface area contributed by atoms with Crippen LogP contribution >= 0.6 is 0 Å². The van der Waals surface area contributed by atoms with Crippen molar-refractivity contribution in [3.63, 3.8) is 0 Å². The summed E-state index contributed by atoms with van der Waals surface area (Å²) in [5.74, 6) is 1.25. The number of fused-ring (bicyclic) bond motifs is 1. The van der Waals surface area contributed by atoms with Gasteiger partial charge in [-0.3, -0.25) is 4.79 Å². The first-order chi connectivity index (χ1) is 12.5. The van der Waals surface area contributed by atoms with Gasteiger partial charge in [-0.25, -0.2) is 8.42 Å². The van der Waals surface area contributed by atoms with Gasteiger partial charge in [0.1, 0.15) is 0 Å². The molecule has 2 fully saturated rings. The minimum atomic E-state index is -2.82. The van der Waals surface area contributed by atoms with Crippen LogP contribution in [-0.2, 0) is 27.6 Å². The first-order valence-corrected chi connectivity index (χ1v) is 11.6. The van der Waals surface area contributed by atoms with Gasteiger partial charge in [0.25, 0.3) is 0 Å². The van der Waals surface area contributed by atoms with Gasteiger partial charge in [0.2, 0.25) is 5.91 Å². The van der Waals surface area contributed by atoms with Crippen molar-refractivity contribution < 1.29 is 13.2 Å². The minimum absolute atomic E-state index is 0.0621. The second kappa shape index (κ2) is 7.31. The van der Waals surface area contributed by atoms with Crippen LogP contribution in [0, 0.1) is 11.8 Å². The van der Waals surface area contributed by atoms with E-state index in [2.05, 4.69) is 23.1 Å². The van der Waals surface area contributed by atoms with Crippen molar-refractivity contribution in [3.8, 4) is 0 Å². The van der Waals surface area contributed by atoms with Gasteiger partial charge < -0.3 is 9.80 Å². The molecule has 1 aromatic rings. The Morgan fingerprint density at radius 3 is 2.69 bits per heavy atom. The second-order valence-electron chi connectivity index (χ2n) is 8.15. The van der Waals surface area contributed by atoms with E-state index < -0.39 is 9.84 Å². The van der Waals surface area contributed by atoms with Crippen LogP contribution in [0.3, 0.4) is 0 Å². The number of carbonyl (C=O) groups is 1. The summed E-state index contributed by atoms with van der Waals surface area (Å²) in [5.41, 5.74) is 2.64. The van der Waals surface area contributed by atoms with Gasteiger partial charge in [-0.1, -0.05) is 24.3 Å². The molecule has 26 heavy (non-hydrogen) atoms. The van der Waals surface area contributed by atoms with E-state index in [1.807, 2.05) is 11.0 Å². The Balaban J connectivity index is 1.35. The predicted molar refractivity (Wildman–Crippen MR) is 101 cm³/mol. The van der Waals surface area contributed by atoms with Crippen LogP contribution in [0.25, 0.3) is 0 Å². The van der Waals surface area contributed by atoms with Crippen LogP contribution in [0.5, 0.6) is 0 Å². The summed E-state index contributed by atoms with van der Waals surface area (Å²) in [7, 11) is -2.82. The van der Waals surface area contributed by atoms with E-state index in [0.717, 1.165) is 58.4 Å². The fourth-order valence-corrected chi connectivity index (χ4v) is 6.60. The maximum absolute atomic E-state index is 13.1. The second-order valence-corrected chi connectivity index (χ2v) is 10.4. The summed E-state index contributed by atoms with van der Waals surface area (Å²) < 4.78 is 23.4. The number of sulfone groups is 1. The largest absolute Gasteiger partial charge is 0.338 e. The lowest BCUT2D eigenvalue weighted by molar-refractivity contribution is -0.138. The van der Waals surface area contributed by atoms with Crippen molar-refractivity contribution in [1.29, 1.82) is 0 Å². The number of hydrogen-bond donors (Lipinski definition) is 0. The van der Waals surface area contributed by atoms with Crippen LogP contribution < -0.4 is 0 Å². The molecular formula is C20H28N2O3S. The summed E-state index contributed by atoms with van der Waals surface area (Å²) in [4.78, 5) is 17.4. The Kier molecular flexibility index (Phi) is 5.06. The third kappa shape index (κ3) is 3.96. The van der Waals surface area contributed by atoms with E-state index in [1.54, 1.807) is 0 Å². The zero-order chi connectivity index (χ0) is 18.1. The molecule has 3 aliphatic heterocycles. The van der Waals surface area contributed by atoms with Crippen molar-refractivity contribution in [2.75, 3.05) is 37.7 Å². The Bertz CT molecular complexity index is 777. The molecule has 0 spiro atoms. The molecular weight excluding hydrogens is 348 g/mol. The highest BCUT2D eigenvalue weighted by Gasteiger charge is 2.34. The third-order valence-corrected chi connectivity index (χ3v) is 7.98. The lowest BCUT2D eigenvalue weighted by Gasteiger charge is -2.37. The summed E-state index contributed by atoms with van der Waals surface area (Å²) >= 11 is 0. The molecule has 0 saturated carbocycles. The van der Waals surface area contributed by atoms with E-state index >= 15 is 0 Å². The zero-order valence-electron chi connectivity index (χ0n) is 15.3. The third-order valence-electron chi connectivity index (χ3n) is 6.14. The average molecular weight is 377 g/mol. The van der Waals surface area contributed by atoms with Crippen LogP contribution in [0.4, 0.5) is 0 Å². The standard InChI is InChI=1S/C20H28N2O3S/c23-20(22-10-7-17-4-1-2-5-18(17)14-22)19-6-3-9-21(13-19)12-16-8-11-26(24,25)15-16/h1-2,4-5,16,19H,3,6-15H2.